The standard InChI is InChI=1S/C19H25FN4O.HI/c1-13(2)17-10-16(25-24-17)11-22-18(21-3)23-12-19(7-8-19)14-5-4-6-15(20)9-14;/h4-6,9-10,13H,7-8,11-12H2,1-3H3,(H2,21,22,23);1H. The molecule has 1 aromatic carbocycles. The number of guanidine groups is 1. The number of benzene rings is 1. The summed E-state index contributed by atoms with van der Waals surface area (Å²) in [7, 11) is 1.73. The molecule has 0 atom stereocenters. The summed E-state index contributed by atoms with van der Waals surface area (Å²) in [6.07, 6.45) is 2.11. The van der Waals surface area contributed by atoms with Crippen LogP contribution in [-0.4, -0.2) is 24.7 Å². The Kier molecular flexibility index (Phi) is 7.02. The number of halogens is 2. The predicted molar refractivity (Wildman–Crippen MR) is 112 cm³/mol. The minimum atomic E-state index is -0.183. The van der Waals surface area contributed by atoms with E-state index in [9.17, 15) is 4.39 Å². The van der Waals surface area contributed by atoms with Gasteiger partial charge in [-0.15, -0.1) is 24.0 Å². The van der Waals surface area contributed by atoms with E-state index in [-0.39, 0.29) is 35.2 Å². The fourth-order valence-corrected chi connectivity index (χ4v) is 2.87. The van der Waals surface area contributed by atoms with Crippen LogP contribution in [0, 0.1) is 5.82 Å². The van der Waals surface area contributed by atoms with Crippen molar-refractivity contribution < 1.29 is 8.91 Å². The topological polar surface area (TPSA) is 62.5 Å². The van der Waals surface area contributed by atoms with Crippen molar-refractivity contribution in [3.05, 3.63) is 53.2 Å². The number of nitrogens with one attached hydrogen (secondary N) is 2. The highest BCUT2D eigenvalue weighted by atomic mass is 127. The second kappa shape index (κ2) is 8.83. The Hall–Kier alpha value is -1.64. The van der Waals surface area contributed by atoms with Crippen LogP contribution in [-0.2, 0) is 12.0 Å². The average molecular weight is 472 g/mol. The summed E-state index contributed by atoms with van der Waals surface area (Å²) in [6.45, 7) is 5.41. The molecule has 142 valence electrons. The maximum atomic E-state index is 13.5. The van der Waals surface area contributed by atoms with E-state index in [0.717, 1.165) is 36.4 Å². The molecule has 1 aliphatic rings. The Balaban J connectivity index is 0.00000243. The second-order valence-electron chi connectivity index (χ2n) is 6.94. The van der Waals surface area contributed by atoms with Crippen molar-refractivity contribution in [3.8, 4) is 0 Å². The molecule has 0 radical (unpaired) electrons. The first-order valence-electron chi connectivity index (χ1n) is 8.68. The van der Waals surface area contributed by atoms with Crippen LogP contribution >= 0.6 is 24.0 Å². The van der Waals surface area contributed by atoms with Crippen LogP contribution in [0.4, 0.5) is 4.39 Å². The van der Waals surface area contributed by atoms with Gasteiger partial charge in [0.1, 0.15) is 5.82 Å². The molecule has 0 saturated heterocycles. The maximum Gasteiger partial charge on any atom is 0.191 e. The molecule has 3 rings (SSSR count). The van der Waals surface area contributed by atoms with Crippen LogP contribution in [0.3, 0.4) is 0 Å². The smallest absolute Gasteiger partial charge is 0.191 e. The minimum absolute atomic E-state index is 0. The van der Waals surface area contributed by atoms with Gasteiger partial charge in [-0.2, -0.15) is 0 Å². The maximum absolute atomic E-state index is 13.5. The van der Waals surface area contributed by atoms with Gasteiger partial charge in [0.2, 0.25) is 0 Å². The lowest BCUT2D eigenvalue weighted by molar-refractivity contribution is 0.372. The van der Waals surface area contributed by atoms with Gasteiger partial charge in [0.15, 0.2) is 11.7 Å². The first-order chi connectivity index (χ1) is 12.0. The number of rotatable bonds is 6. The fourth-order valence-electron chi connectivity index (χ4n) is 2.87. The van der Waals surface area contributed by atoms with Crippen LogP contribution in [0.1, 0.15) is 49.6 Å². The van der Waals surface area contributed by atoms with Crippen LogP contribution in [0.5, 0.6) is 0 Å². The zero-order valence-corrected chi connectivity index (χ0v) is 17.7. The van der Waals surface area contributed by atoms with Crippen LogP contribution < -0.4 is 10.6 Å². The van der Waals surface area contributed by atoms with Gasteiger partial charge < -0.3 is 15.2 Å². The monoisotopic (exact) mass is 472 g/mol. The minimum Gasteiger partial charge on any atom is -0.359 e. The van der Waals surface area contributed by atoms with E-state index < -0.39 is 0 Å². The van der Waals surface area contributed by atoms with E-state index in [1.807, 2.05) is 12.1 Å². The molecule has 0 bridgehead atoms. The van der Waals surface area contributed by atoms with Crippen molar-refractivity contribution in [2.45, 2.75) is 44.6 Å². The summed E-state index contributed by atoms with van der Waals surface area (Å²) in [4.78, 5) is 4.25. The third kappa shape index (κ3) is 4.96. The highest BCUT2D eigenvalue weighted by molar-refractivity contribution is 14.0. The molecule has 0 unspecified atom stereocenters. The molecular weight excluding hydrogens is 446 g/mol. The van der Waals surface area contributed by atoms with Crippen LogP contribution in [0.15, 0.2) is 39.8 Å². The Bertz CT molecular complexity index is 756. The van der Waals surface area contributed by atoms with Gasteiger partial charge in [0.05, 0.1) is 12.2 Å². The van der Waals surface area contributed by atoms with Gasteiger partial charge in [0.25, 0.3) is 0 Å². The number of hydrogen-bond acceptors (Lipinski definition) is 3. The molecule has 1 saturated carbocycles. The number of aromatic nitrogens is 1. The van der Waals surface area contributed by atoms with Crippen molar-refractivity contribution in [1.29, 1.82) is 0 Å². The van der Waals surface area contributed by atoms with Crippen molar-refractivity contribution in [2.24, 2.45) is 4.99 Å². The van der Waals surface area contributed by atoms with E-state index in [0.29, 0.717) is 18.4 Å². The molecule has 1 heterocycles. The first-order valence-corrected chi connectivity index (χ1v) is 8.68. The number of hydrogen-bond donors (Lipinski definition) is 2. The summed E-state index contributed by atoms with van der Waals surface area (Å²) in [6, 6.07) is 8.84. The molecule has 2 aromatic rings. The predicted octanol–water partition coefficient (Wildman–Crippen LogP) is 3.95. The Morgan fingerprint density at radius 1 is 1.31 bits per heavy atom. The first kappa shape index (κ1) is 20.7. The normalized spacial score (nSPS) is 15.5. The molecule has 1 aromatic heterocycles. The van der Waals surface area contributed by atoms with Crippen LogP contribution in [0.25, 0.3) is 0 Å². The molecule has 7 heteroatoms. The Morgan fingerprint density at radius 2 is 2.08 bits per heavy atom. The fraction of sp³-hybridized carbons (Fsp3) is 0.474. The molecular formula is C19H26FIN4O. The Labute approximate surface area is 170 Å². The lowest BCUT2D eigenvalue weighted by Gasteiger charge is -2.18. The van der Waals surface area contributed by atoms with Crippen molar-refractivity contribution >= 4 is 29.9 Å². The average Bonchev–Trinajstić information content (AvgIpc) is 3.24. The SMILES string of the molecule is CN=C(NCc1cc(C(C)C)no1)NCC1(c2cccc(F)c2)CC1.I. The second-order valence-corrected chi connectivity index (χ2v) is 6.94. The highest BCUT2D eigenvalue weighted by Crippen LogP contribution is 2.47. The molecule has 0 aliphatic heterocycles. The van der Waals surface area contributed by atoms with E-state index in [1.54, 1.807) is 19.2 Å². The molecule has 0 amide bonds. The third-order valence-corrected chi connectivity index (χ3v) is 4.71. The zero-order valence-electron chi connectivity index (χ0n) is 15.4. The van der Waals surface area contributed by atoms with E-state index in [1.165, 1.54) is 6.07 Å². The van der Waals surface area contributed by atoms with Crippen molar-refractivity contribution in [3.63, 3.8) is 0 Å². The van der Waals surface area contributed by atoms with Gasteiger partial charge in [-0.1, -0.05) is 31.1 Å². The third-order valence-electron chi connectivity index (χ3n) is 4.71. The van der Waals surface area contributed by atoms with E-state index >= 15 is 0 Å². The molecule has 26 heavy (non-hydrogen) atoms. The molecule has 1 aliphatic carbocycles. The van der Waals surface area contributed by atoms with Gasteiger partial charge in [-0.05, 0) is 36.5 Å². The number of nitrogens with zero attached hydrogens (tertiary/aromatic N) is 2. The van der Waals surface area contributed by atoms with Crippen molar-refractivity contribution in [1.82, 2.24) is 15.8 Å². The lowest BCUT2D eigenvalue weighted by Crippen LogP contribution is -2.40. The lowest BCUT2D eigenvalue weighted by atomic mass is 9.96. The molecule has 5 nitrogen and oxygen atoms in total. The van der Waals surface area contributed by atoms with Gasteiger partial charge in [0, 0.05) is 25.1 Å². The van der Waals surface area contributed by atoms with Gasteiger partial charge in [-0.25, -0.2) is 4.39 Å². The summed E-state index contributed by atoms with van der Waals surface area (Å²) in [5, 5.41) is 10.6. The zero-order chi connectivity index (χ0) is 17.9. The largest absolute Gasteiger partial charge is 0.359 e. The summed E-state index contributed by atoms with van der Waals surface area (Å²) in [5.74, 6) is 1.64. The summed E-state index contributed by atoms with van der Waals surface area (Å²) < 4.78 is 18.8. The molecule has 0 spiro atoms. The highest BCUT2D eigenvalue weighted by Gasteiger charge is 2.44. The van der Waals surface area contributed by atoms with Gasteiger partial charge in [-0.3, -0.25) is 4.99 Å². The summed E-state index contributed by atoms with van der Waals surface area (Å²) in [5.41, 5.74) is 2.01. The van der Waals surface area contributed by atoms with Gasteiger partial charge >= 0.3 is 0 Å². The van der Waals surface area contributed by atoms with E-state index in [4.69, 9.17) is 4.52 Å². The van der Waals surface area contributed by atoms with Crippen LogP contribution in [0.2, 0.25) is 0 Å². The molecule has 2 N–H and O–H groups in total. The quantitative estimate of drug-likeness (QED) is 0.380. The Morgan fingerprint density at radius 3 is 2.65 bits per heavy atom. The number of aliphatic imine (C=N–C) groups is 1. The van der Waals surface area contributed by atoms with E-state index in [2.05, 4.69) is 34.6 Å². The van der Waals surface area contributed by atoms with Crippen molar-refractivity contribution in [2.75, 3.05) is 13.6 Å². The molecule has 1 fully saturated rings. The summed E-state index contributed by atoms with van der Waals surface area (Å²) >= 11 is 0.